The van der Waals surface area contributed by atoms with Crippen LogP contribution in [0.25, 0.3) is 0 Å². The van der Waals surface area contributed by atoms with Crippen LogP contribution >= 0.6 is 11.8 Å². The number of nitrogens with one attached hydrogen (secondary N) is 2. The van der Waals surface area contributed by atoms with Crippen LogP contribution in [-0.4, -0.2) is 89.2 Å². The summed E-state index contributed by atoms with van der Waals surface area (Å²) in [5, 5.41) is 8.71. The fourth-order valence-electron chi connectivity index (χ4n) is 3.89. The smallest absolute Gasteiger partial charge is 0.414 e. The lowest BCUT2D eigenvalue weighted by Crippen LogP contribution is -2.56. The molecule has 1 aromatic carbocycles. The van der Waals surface area contributed by atoms with Crippen LogP contribution in [0.1, 0.15) is 45.9 Å². The average molecular weight is 610 g/mol. The highest BCUT2D eigenvalue weighted by Crippen LogP contribution is 2.32. The molecule has 226 valence electrons. The van der Waals surface area contributed by atoms with Crippen molar-refractivity contribution in [2.24, 2.45) is 5.41 Å². The van der Waals surface area contributed by atoms with Gasteiger partial charge in [-0.05, 0) is 43.9 Å². The lowest BCUT2D eigenvalue weighted by Gasteiger charge is -2.32. The van der Waals surface area contributed by atoms with Gasteiger partial charge >= 0.3 is 12.1 Å². The second kappa shape index (κ2) is 12.4. The van der Waals surface area contributed by atoms with E-state index in [1.54, 1.807) is 26.2 Å². The molecular weight excluding hydrogens is 570 g/mol. The number of carbonyl (C=O) groups is 3. The number of esters is 1. The molecule has 14 heteroatoms. The van der Waals surface area contributed by atoms with Gasteiger partial charge < -0.3 is 14.4 Å². The number of aromatic nitrogens is 2. The molecule has 2 amide bonds. The summed E-state index contributed by atoms with van der Waals surface area (Å²) in [6.07, 6.45) is 0.451. The molecule has 2 N–H and O–H groups in total. The molecule has 1 fully saturated rings. The predicted octanol–water partition coefficient (Wildman–Crippen LogP) is 2.94. The van der Waals surface area contributed by atoms with Crippen molar-refractivity contribution in [1.29, 1.82) is 0 Å². The number of nitrogens with zero attached hydrogens (tertiary/aromatic N) is 3. The molecule has 12 nitrogen and oxygen atoms in total. The summed E-state index contributed by atoms with van der Waals surface area (Å²) in [5.41, 5.74) is -0.144. The van der Waals surface area contributed by atoms with Crippen molar-refractivity contribution >= 4 is 39.8 Å². The highest BCUT2D eigenvalue weighted by atomic mass is 32.2. The van der Waals surface area contributed by atoms with Gasteiger partial charge in [-0.25, -0.2) is 22.3 Å². The molecule has 41 heavy (non-hydrogen) atoms. The highest BCUT2D eigenvalue weighted by Gasteiger charge is 2.47. The molecule has 1 saturated heterocycles. The van der Waals surface area contributed by atoms with Crippen LogP contribution in [-0.2, 0) is 30.8 Å². The van der Waals surface area contributed by atoms with Gasteiger partial charge in [0, 0.05) is 38.0 Å². The van der Waals surface area contributed by atoms with Gasteiger partial charge in [-0.3, -0.25) is 15.2 Å². The summed E-state index contributed by atoms with van der Waals surface area (Å²) in [6.45, 7) is 10.9. The Bertz CT molecular complexity index is 1370. The fourth-order valence-corrected chi connectivity index (χ4v) is 6.95. The number of ether oxygens (including phenoxy) is 2. The molecule has 0 bridgehead atoms. The van der Waals surface area contributed by atoms with E-state index in [9.17, 15) is 22.8 Å². The molecular formula is C27H39N5O7S2. The van der Waals surface area contributed by atoms with Gasteiger partial charge in [-0.1, -0.05) is 32.9 Å². The molecule has 2 aromatic rings. The number of sulfonamides is 1. The zero-order chi connectivity index (χ0) is 30.8. The SMILES string of the molecule is Cc1n[nH]cc1S(=O)(=O)N(C(=O)[C@H]1NC(C)(C)CS1)[C@@H](Cc1ccc(OC(=O)N(C)C)cc1)C(=O)OCC(C)(C)C. The summed E-state index contributed by atoms with van der Waals surface area (Å²) in [6, 6.07) is 4.75. The van der Waals surface area contributed by atoms with E-state index in [2.05, 4.69) is 15.5 Å². The van der Waals surface area contributed by atoms with E-state index in [1.165, 1.54) is 41.9 Å². The number of hydrogen-bond donors (Lipinski definition) is 2. The summed E-state index contributed by atoms with van der Waals surface area (Å²) in [5.74, 6) is -0.810. The minimum Gasteiger partial charge on any atom is -0.464 e. The van der Waals surface area contributed by atoms with Crippen molar-refractivity contribution in [3.63, 3.8) is 0 Å². The van der Waals surface area contributed by atoms with Crippen LogP contribution in [0.15, 0.2) is 35.4 Å². The van der Waals surface area contributed by atoms with Gasteiger partial charge in [-0.15, -0.1) is 11.8 Å². The monoisotopic (exact) mass is 609 g/mol. The molecule has 1 aliphatic rings. The topological polar surface area (TPSA) is 151 Å². The van der Waals surface area contributed by atoms with Crippen molar-refractivity contribution in [1.82, 2.24) is 24.7 Å². The minimum absolute atomic E-state index is 0.0119. The second-order valence-corrected chi connectivity index (χ2v) is 14.9. The summed E-state index contributed by atoms with van der Waals surface area (Å²) < 4.78 is 39.7. The number of rotatable bonds is 9. The molecule has 0 saturated carbocycles. The van der Waals surface area contributed by atoms with Crippen LogP contribution in [0.5, 0.6) is 5.75 Å². The normalized spacial score (nSPS) is 17.5. The summed E-state index contributed by atoms with van der Waals surface area (Å²) in [7, 11) is -1.45. The van der Waals surface area contributed by atoms with Crippen molar-refractivity contribution in [2.45, 2.75) is 69.8 Å². The third-order valence-corrected chi connectivity index (χ3v) is 9.48. The zero-order valence-corrected chi connectivity index (χ0v) is 26.3. The number of aryl methyl sites for hydroxylation is 1. The Morgan fingerprint density at radius 2 is 1.80 bits per heavy atom. The molecule has 0 spiro atoms. The highest BCUT2D eigenvalue weighted by molar-refractivity contribution is 8.01. The predicted molar refractivity (Wildman–Crippen MR) is 155 cm³/mol. The van der Waals surface area contributed by atoms with Crippen molar-refractivity contribution in [2.75, 3.05) is 26.5 Å². The van der Waals surface area contributed by atoms with Gasteiger partial charge in [0.2, 0.25) is 0 Å². The first kappa shape index (κ1) is 32.4. The van der Waals surface area contributed by atoms with E-state index >= 15 is 0 Å². The molecule has 0 aliphatic carbocycles. The Labute approximate surface area is 245 Å². The zero-order valence-electron chi connectivity index (χ0n) is 24.7. The fraction of sp³-hybridized carbons (Fsp3) is 0.556. The van der Waals surface area contributed by atoms with E-state index in [1.807, 2.05) is 34.6 Å². The quantitative estimate of drug-likeness (QED) is 0.406. The Balaban J connectivity index is 2.06. The molecule has 3 rings (SSSR count). The van der Waals surface area contributed by atoms with E-state index in [0.29, 0.717) is 15.6 Å². The Morgan fingerprint density at radius 1 is 1.17 bits per heavy atom. The van der Waals surface area contributed by atoms with Gasteiger partial charge in [0.1, 0.15) is 22.1 Å². The molecule has 0 radical (unpaired) electrons. The van der Waals surface area contributed by atoms with Crippen LogP contribution in [0.3, 0.4) is 0 Å². The Hall–Kier alpha value is -3.10. The van der Waals surface area contributed by atoms with E-state index in [4.69, 9.17) is 9.47 Å². The number of amides is 2. The molecule has 0 unspecified atom stereocenters. The van der Waals surface area contributed by atoms with Crippen molar-refractivity contribution in [3.05, 3.63) is 41.7 Å². The number of benzene rings is 1. The number of H-pyrrole nitrogens is 1. The molecule has 2 atom stereocenters. The van der Waals surface area contributed by atoms with Crippen LogP contribution in [0, 0.1) is 12.3 Å². The van der Waals surface area contributed by atoms with Gasteiger partial charge in [-0.2, -0.15) is 5.10 Å². The minimum atomic E-state index is -4.55. The molecule has 1 aliphatic heterocycles. The van der Waals surface area contributed by atoms with Gasteiger partial charge in [0.05, 0.1) is 12.3 Å². The van der Waals surface area contributed by atoms with Crippen LogP contribution in [0.4, 0.5) is 4.79 Å². The maximum atomic E-state index is 14.1. The summed E-state index contributed by atoms with van der Waals surface area (Å²) in [4.78, 5) is 40.7. The van der Waals surface area contributed by atoms with Crippen LogP contribution < -0.4 is 10.1 Å². The maximum Gasteiger partial charge on any atom is 0.414 e. The molecule has 2 heterocycles. The first-order chi connectivity index (χ1) is 18.9. The standard InChI is InChI=1S/C27H39N5O7S2/c1-17-21(14-28-30-17)41(36,37)32(23(33)22-29-27(5,6)16-40-22)20(24(34)38-15-26(2,3)4)13-18-9-11-19(12-10-18)39-25(35)31(7)8/h9-12,14,20,22,29H,13,15-16H2,1-8H3,(H,28,30)/t20-,22-/m0/s1. The summed E-state index contributed by atoms with van der Waals surface area (Å²) >= 11 is 1.27. The lowest BCUT2D eigenvalue weighted by atomic mass is 9.98. The number of hydrogen-bond acceptors (Lipinski definition) is 10. The second-order valence-electron chi connectivity index (χ2n) is 12.0. The van der Waals surface area contributed by atoms with E-state index in [-0.39, 0.29) is 29.4 Å². The lowest BCUT2D eigenvalue weighted by molar-refractivity contribution is -0.154. The Kier molecular flexibility index (Phi) is 9.81. The van der Waals surface area contributed by atoms with Gasteiger partial charge in [0.25, 0.3) is 15.9 Å². The average Bonchev–Trinajstić information content (AvgIpc) is 3.47. The number of carbonyl (C=O) groups excluding carboxylic acids is 3. The van der Waals surface area contributed by atoms with E-state index < -0.39 is 50.4 Å². The third-order valence-electron chi connectivity index (χ3n) is 6.02. The van der Waals surface area contributed by atoms with Crippen molar-refractivity contribution in [3.8, 4) is 5.75 Å². The van der Waals surface area contributed by atoms with Crippen molar-refractivity contribution < 1.29 is 32.3 Å². The third kappa shape index (κ3) is 8.23. The first-order valence-electron chi connectivity index (χ1n) is 13.0. The number of aromatic amines is 1. The van der Waals surface area contributed by atoms with E-state index in [0.717, 1.165) is 0 Å². The van der Waals surface area contributed by atoms with Gasteiger partial charge in [0.15, 0.2) is 0 Å². The maximum absolute atomic E-state index is 14.1. The first-order valence-corrected chi connectivity index (χ1v) is 15.5. The Morgan fingerprint density at radius 3 is 2.29 bits per heavy atom. The largest absolute Gasteiger partial charge is 0.464 e. The number of thioether (sulfide) groups is 1. The molecule has 1 aromatic heterocycles. The van der Waals surface area contributed by atoms with Crippen LogP contribution in [0.2, 0.25) is 0 Å².